The lowest BCUT2D eigenvalue weighted by molar-refractivity contribution is 0.0404. The van der Waals surface area contributed by atoms with Gasteiger partial charge in [-0.2, -0.15) is 0 Å². The molecule has 0 aromatic carbocycles. The maximum absolute atomic E-state index is 10.8. The van der Waals surface area contributed by atoms with E-state index in [2.05, 4.69) is 0 Å². The highest BCUT2D eigenvalue weighted by atomic mass is 16.7. The van der Waals surface area contributed by atoms with Crippen molar-refractivity contribution in [1.82, 2.24) is 0 Å². The third-order valence-corrected chi connectivity index (χ3v) is 1.90. The van der Waals surface area contributed by atoms with E-state index >= 15 is 0 Å². The first kappa shape index (κ1) is 16.2. The zero-order valence-electron chi connectivity index (χ0n) is 11.5. The minimum absolute atomic E-state index is 0.358. The molecule has 1 rings (SSSR count). The van der Waals surface area contributed by atoms with Gasteiger partial charge in [0, 0.05) is 13.2 Å². The number of hydrogen-bond donors (Lipinski definition) is 0. The van der Waals surface area contributed by atoms with Gasteiger partial charge in [-0.1, -0.05) is 27.7 Å². The van der Waals surface area contributed by atoms with Gasteiger partial charge in [-0.25, -0.2) is 4.79 Å². The molecule has 0 amide bonds. The fraction of sp³-hybridized carbons (Fsp3) is 0.923. The van der Waals surface area contributed by atoms with Crippen LogP contribution < -0.4 is 0 Å². The van der Waals surface area contributed by atoms with Crippen LogP contribution in [-0.4, -0.2) is 32.6 Å². The van der Waals surface area contributed by atoms with E-state index in [1.165, 1.54) is 12.8 Å². The first-order valence-corrected chi connectivity index (χ1v) is 6.39. The molecule has 0 atom stereocenters. The van der Waals surface area contributed by atoms with Gasteiger partial charge in [-0.15, -0.1) is 0 Å². The predicted octanol–water partition coefficient (Wildman–Crippen LogP) is 3.25. The van der Waals surface area contributed by atoms with Gasteiger partial charge < -0.3 is 14.2 Å². The van der Waals surface area contributed by atoms with Gasteiger partial charge in [0.05, 0.1) is 13.2 Å². The molecule has 1 fully saturated rings. The van der Waals surface area contributed by atoms with Crippen LogP contribution in [0.3, 0.4) is 0 Å². The third kappa shape index (κ3) is 13.2. The summed E-state index contributed by atoms with van der Waals surface area (Å²) < 4.78 is 14.5. The molecule has 1 saturated heterocycles. The molecule has 4 nitrogen and oxygen atoms in total. The van der Waals surface area contributed by atoms with Gasteiger partial charge in [0.15, 0.2) is 0 Å². The summed E-state index contributed by atoms with van der Waals surface area (Å²) in [6.07, 6.45) is 2.00. The highest BCUT2D eigenvalue weighted by molar-refractivity contribution is 5.59. The molecule has 1 heterocycles. The summed E-state index contributed by atoms with van der Waals surface area (Å²) in [6.45, 7) is 10.8. The third-order valence-electron chi connectivity index (χ3n) is 1.90. The number of carbonyl (C=O) groups excluding carboxylic acids is 1. The quantitative estimate of drug-likeness (QED) is 0.714. The molecule has 0 aromatic heterocycles. The Morgan fingerprint density at radius 2 is 1.41 bits per heavy atom. The van der Waals surface area contributed by atoms with Gasteiger partial charge in [0.25, 0.3) is 0 Å². The van der Waals surface area contributed by atoms with Crippen LogP contribution in [0.4, 0.5) is 4.79 Å². The van der Waals surface area contributed by atoms with Crippen molar-refractivity contribution in [2.75, 3.05) is 26.4 Å². The monoisotopic (exact) mass is 246 g/mol. The molecule has 0 aliphatic carbocycles. The largest absolute Gasteiger partial charge is 0.508 e. The maximum atomic E-state index is 10.8. The van der Waals surface area contributed by atoms with Crippen molar-refractivity contribution >= 4 is 6.16 Å². The summed E-state index contributed by atoms with van der Waals surface area (Å²) in [4.78, 5) is 10.8. The average molecular weight is 246 g/mol. The number of carbonyl (C=O) groups is 1. The highest BCUT2D eigenvalue weighted by Gasteiger charge is 2.05. The molecule has 0 saturated carbocycles. The van der Waals surface area contributed by atoms with Crippen molar-refractivity contribution in [3.63, 3.8) is 0 Å². The number of hydrogen-bond acceptors (Lipinski definition) is 4. The van der Waals surface area contributed by atoms with E-state index in [0.717, 1.165) is 13.2 Å². The van der Waals surface area contributed by atoms with Crippen LogP contribution in [0.15, 0.2) is 0 Å². The minimum atomic E-state index is -0.558. The van der Waals surface area contributed by atoms with Crippen LogP contribution in [-0.2, 0) is 14.2 Å². The molecule has 0 bridgehead atoms. The molecule has 0 radical (unpaired) electrons. The Morgan fingerprint density at radius 3 is 1.65 bits per heavy atom. The maximum Gasteiger partial charge on any atom is 0.508 e. The number of rotatable bonds is 4. The van der Waals surface area contributed by atoms with Crippen LogP contribution in [0, 0.1) is 11.8 Å². The van der Waals surface area contributed by atoms with E-state index in [1.807, 2.05) is 27.7 Å². The Labute approximate surface area is 105 Å². The van der Waals surface area contributed by atoms with E-state index in [9.17, 15) is 4.79 Å². The molecule has 0 spiro atoms. The van der Waals surface area contributed by atoms with Gasteiger partial charge in [0.2, 0.25) is 0 Å². The molecule has 0 unspecified atom stereocenters. The van der Waals surface area contributed by atoms with Crippen molar-refractivity contribution < 1.29 is 19.0 Å². The molecule has 17 heavy (non-hydrogen) atoms. The standard InChI is InChI=1S/C9H18O3.C4H8O/c1-7(2)5-11-9(10)12-6-8(3)4;1-2-4-5-3-1/h7-8H,5-6H2,1-4H3;1-4H2. The lowest BCUT2D eigenvalue weighted by atomic mass is 10.2. The molecule has 1 aliphatic rings. The van der Waals surface area contributed by atoms with Gasteiger partial charge >= 0.3 is 6.16 Å². The Bertz CT molecular complexity index is 164. The second kappa shape index (κ2) is 10.4. The number of ether oxygens (including phenoxy) is 3. The molecule has 4 heteroatoms. The van der Waals surface area contributed by atoms with Gasteiger partial charge in [0.1, 0.15) is 0 Å². The molecule has 1 aliphatic heterocycles. The lowest BCUT2D eigenvalue weighted by Gasteiger charge is -2.08. The van der Waals surface area contributed by atoms with Crippen LogP contribution in [0.5, 0.6) is 0 Å². The Balaban J connectivity index is 0.000000419. The van der Waals surface area contributed by atoms with Gasteiger partial charge in [-0.3, -0.25) is 0 Å². The Kier molecular flexibility index (Phi) is 9.92. The molecule has 0 aromatic rings. The van der Waals surface area contributed by atoms with Crippen LogP contribution in [0.2, 0.25) is 0 Å². The summed E-state index contributed by atoms with van der Waals surface area (Å²) in [5.41, 5.74) is 0. The Hall–Kier alpha value is -0.770. The van der Waals surface area contributed by atoms with Crippen molar-refractivity contribution in [2.24, 2.45) is 11.8 Å². The van der Waals surface area contributed by atoms with E-state index in [1.54, 1.807) is 0 Å². The van der Waals surface area contributed by atoms with E-state index in [4.69, 9.17) is 14.2 Å². The first-order valence-electron chi connectivity index (χ1n) is 6.39. The zero-order chi connectivity index (χ0) is 13.1. The summed E-state index contributed by atoms with van der Waals surface area (Å²) in [7, 11) is 0. The van der Waals surface area contributed by atoms with Gasteiger partial charge in [-0.05, 0) is 24.7 Å². The fourth-order valence-electron chi connectivity index (χ4n) is 1.02. The lowest BCUT2D eigenvalue weighted by Crippen LogP contribution is -2.14. The summed E-state index contributed by atoms with van der Waals surface area (Å²) in [5.74, 6) is 0.716. The van der Waals surface area contributed by atoms with E-state index in [0.29, 0.717) is 25.0 Å². The van der Waals surface area contributed by atoms with E-state index < -0.39 is 6.16 Å². The topological polar surface area (TPSA) is 44.8 Å². The summed E-state index contributed by atoms with van der Waals surface area (Å²) in [5, 5.41) is 0. The van der Waals surface area contributed by atoms with E-state index in [-0.39, 0.29) is 0 Å². The second-order valence-corrected chi connectivity index (χ2v) is 4.98. The molecular formula is C13H26O4. The predicted molar refractivity (Wildman–Crippen MR) is 67.0 cm³/mol. The van der Waals surface area contributed by atoms with Crippen molar-refractivity contribution in [2.45, 2.75) is 40.5 Å². The molecule has 0 N–H and O–H groups in total. The first-order chi connectivity index (χ1) is 8.02. The normalized spacial score (nSPS) is 14.5. The molecule has 102 valence electrons. The van der Waals surface area contributed by atoms with Crippen LogP contribution in [0.1, 0.15) is 40.5 Å². The highest BCUT2D eigenvalue weighted by Crippen LogP contribution is 1.98. The Morgan fingerprint density at radius 1 is 1.00 bits per heavy atom. The smallest absolute Gasteiger partial charge is 0.434 e. The van der Waals surface area contributed by atoms with Crippen molar-refractivity contribution in [1.29, 1.82) is 0 Å². The second-order valence-electron chi connectivity index (χ2n) is 4.98. The van der Waals surface area contributed by atoms with Crippen molar-refractivity contribution in [3.05, 3.63) is 0 Å². The zero-order valence-corrected chi connectivity index (χ0v) is 11.5. The van der Waals surface area contributed by atoms with Crippen molar-refractivity contribution in [3.8, 4) is 0 Å². The van der Waals surface area contributed by atoms with Crippen LogP contribution >= 0.6 is 0 Å². The SMILES string of the molecule is C1CCOC1.CC(C)COC(=O)OCC(C)C. The molecular weight excluding hydrogens is 220 g/mol. The summed E-state index contributed by atoms with van der Waals surface area (Å²) in [6, 6.07) is 0. The average Bonchev–Trinajstić information content (AvgIpc) is 2.81. The summed E-state index contributed by atoms with van der Waals surface area (Å²) >= 11 is 0. The minimum Gasteiger partial charge on any atom is -0.434 e. The fourth-order valence-corrected chi connectivity index (χ4v) is 1.02. The van der Waals surface area contributed by atoms with Crippen LogP contribution in [0.25, 0.3) is 0 Å².